The van der Waals surface area contributed by atoms with Crippen LogP contribution >= 0.6 is 15.9 Å². The highest BCUT2D eigenvalue weighted by Gasteiger charge is 2.21. The predicted octanol–water partition coefficient (Wildman–Crippen LogP) is 2.15. The highest BCUT2D eigenvalue weighted by atomic mass is 79.9. The van der Waals surface area contributed by atoms with E-state index < -0.39 is 21.7 Å². The fraction of sp³-hybridized carbons (Fsp3) is 0.417. The normalized spacial score (nSPS) is 11.7. The molecular weight excluding hydrogens is 351 g/mol. The second-order valence-electron chi connectivity index (χ2n) is 4.29. The number of primary sulfonamides is 1. The number of carbonyl (C=O) groups is 1. The Kier molecular flexibility index (Phi) is 5.67. The molecule has 0 aliphatic heterocycles. The van der Waals surface area contributed by atoms with Crippen molar-refractivity contribution in [2.45, 2.75) is 37.6 Å². The molecule has 0 aliphatic rings. The first-order valence-electron chi connectivity index (χ1n) is 6.03. The number of amides is 1. The zero-order valence-electron chi connectivity index (χ0n) is 11.1. The second kappa shape index (κ2) is 6.64. The van der Waals surface area contributed by atoms with Crippen molar-refractivity contribution in [3.8, 4) is 0 Å². The Morgan fingerprint density at radius 1 is 1.40 bits per heavy atom. The Hall–Kier alpha value is -0.990. The van der Waals surface area contributed by atoms with Crippen LogP contribution in [-0.2, 0) is 10.0 Å². The minimum absolute atomic E-state index is 0.0171. The molecule has 112 valence electrons. The molecule has 1 rings (SSSR count). The molecule has 0 atom stereocenters. The quantitative estimate of drug-likeness (QED) is 0.836. The van der Waals surface area contributed by atoms with E-state index in [1.165, 1.54) is 0 Å². The smallest absolute Gasteiger partial charge is 0.254 e. The SMILES string of the molecule is CCC(CC)NC(=O)c1cc(S(N)(=O)=O)c(Br)cc1F. The number of benzene rings is 1. The number of hydrogen-bond donors (Lipinski definition) is 2. The minimum atomic E-state index is -4.04. The van der Waals surface area contributed by atoms with Gasteiger partial charge < -0.3 is 5.32 Å². The molecule has 1 aromatic rings. The number of rotatable bonds is 5. The molecular formula is C12H16BrFN2O3S. The average Bonchev–Trinajstić information content (AvgIpc) is 2.33. The topological polar surface area (TPSA) is 89.3 Å². The number of carbonyl (C=O) groups excluding carboxylic acids is 1. The first-order valence-corrected chi connectivity index (χ1v) is 8.37. The van der Waals surface area contributed by atoms with Gasteiger partial charge in [0.25, 0.3) is 5.91 Å². The van der Waals surface area contributed by atoms with E-state index in [0.717, 1.165) is 12.1 Å². The van der Waals surface area contributed by atoms with Crippen LogP contribution in [-0.4, -0.2) is 20.4 Å². The maximum Gasteiger partial charge on any atom is 0.254 e. The zero-order chi connectivity index (χ0) is 15.5. The van der Waals surface area contributed by atoms with Crippen LogP contribution in [0.25, 0.3) is 0 Å². The predicted molar refractivity (Wildman–Crippen MR) is 77.3 cm³/mol. The van der Waals surface area contributed by atoms with Crippen molar-refractivity contribution in [1.29, 1.82) is 0 Å². The summed E-state index contributed by atoms with van der Waals surface area (Å²) in [5, 5.41) is 7.66. The molecule has 0 aromatic heterocycles. The van der Waals surface area contributed by atoms with Crippen molar-refractivity contribution in [2.75, 3.05) is 0 Å². The maximum absolute atomic E-state index is 13.8. The van der Waals surface area contributed by atoms with Gasteiger partial charge in [0.15, 0.2) is 0 Å². The molecule has 0 aliphatic carbocycles. The monoisotopic (exact) mass is 366 g/mol. The maximum atomic E-state index is 13.8. The first-order chi connectivity index (χ1) is 9.20. The largest absolute Gasteiger partial charge is 0.349 e. The van der Waals surface area contributed by atoms with E-state index in [4.69, 9.17) is 5.14 Å². The number of sulfonamides is 1. The lowest BCUT2D eigenvalue weighted by Crippen LogP contribution is -2.34. The van der Waals surface area contributed by atoms with E-state index in [1.807, 2.05) is 13.8 Å². The Morgan fingerprint density at radius 2 is 1.95 bits per heavy atom. The Morgan fingerprint density at radius 3 is 2.40 bits per heavy atom. The third-order valence-electron chi connectivity index (χ3n) is 2.89. The molecule has 0 radical (unpaired) electrons. The van der Waals surface area contributed by atoms with Gasteiger partial charge in [-0.15, -0.1) is 0 Å². The Balaban J connectivity index is 3.22. The summed E-state index contributed by atoms with van der Waals surface area (Å²) in [6, 6.07) is 1.76. The van der Waals surface area contributed by atoms with Crippen LogP contribution in [0.4, 0.5) is 4.39 Å². The summed E-state index contributed by atoms with van der Waals surface area (Å²) in [5.74, 6) is -1.47. The van der Waals surface area contributed by atoms with E-state index in [1.54, 1.807) is 0 Å². The Labute approximate surface area is 125 Å². The molecule has 0 unspecified atom stereocenters. The van der Waals surface area contributed by atoms with E-state index in [9.17, 15) is 17.6 Å². The standard InChI is InChI=1S/C12H16BrFN2O3S/c1-3-7(4-2)16-12(17)8-5-11(20(15,18)19)9(13)6-10(8)14/h5-7H,3-4H2,1-2H3,(H,16,17)(H2,15,18,19). The van der Waals surface area contributed by atoms with Crippen molar-refractivity contribution < 1.29 is 17.6 Å². The van der Waals surface area contributed by atoms with E-state index in [2.05, 4.69) is 21.2 Å². The van der Waals surface area contributed by atoms with Gasteiger partial charge in [-0.3, -0.25) is 4.79 Å². The zero-order valence-corrected chi connectivity index (χ0v) is 13.5. The van der Waals surface area contributed by atoms with Gasteiger partial charge in [-0.25, -0.2) is 17.9 Å². The lowest BCUT2D eigenvalue weighted by molar-refractivity contribution is 0.0930. The fourth-order valence-corrected chi connectivity index (χ4v) is 3.28. The number of nitrogens with two attached hydrogens (primary N) is 1. The molecule has 0 saturated heterocycles. The van der Waals surface area contributed by atoms with Crippen molar-refractivity contribution in [1.82, 2.24) is 5.32 Å². The molecule has 8 heteroatoms. The highest BCUT2D eigenvalue weighted by molar-refractivity contribution is 9.10. The summed E-state index contributed by atoms with van der Waals surface area (Å²) >= 11 is 2.91. The minimum Gasteiger partial charge on any atom is -0.349 e. The van der Waals surface area contributed by atoms with Crippen LogP contribution in [0.3, 0.4) is 0 Å². The van der Waals surface area contributed by atoms with E-state index in [-0.39, 0.29) is 21.0 Å². The van der Waals surface area contributed by atoms with Gasteiger partial charge in [0.1, 0.15) is 5.82 Å². The highest BCUT2D eigenvalue weighted by Crippen LogP contribution is 2.24. The van der Waals surface area contributed by atoms with Crippen LogP contribution in [0.15, 0.2) is 21.5 Å². The molecule has 3 N–H and O–H groups in total. The molecule has 0 heterocycles. The fourth-order valence-electron chi connectivity index (χ4n) is 1.68. The molecule has 0 saturated carbocycles. The lowest BCUT2D eigenvalue weighted by atomic mass is 10.1. The van der Waals surface area contributed by atoms with E-state index >= 15 is 0 Å². The summed E-state index contributed by atoms with van der Waals surface area (Å²) in [6.07, 6.45) is 1.39. The number of hydrogen-bond acceptors (Lipinski definition) is 3. The van der Waals surface area contributed by atoms with Crippen LogP contribution in [0, 0.1) is 5.82 Å². The summed E-state index contributed by atoms with van der Waals surface area (Å²) in [5.41, 5.74) is -0.343. The van der Waals surface area contributed by atoms with Crippen molar-refractivity contribution in [3.05, 3.63) is 28.0 Å². The number of nitrogens with one attached hydrogen (secondary N) is 1. The third kappa shape index (κ3) is 4.00. The van der Waals surface area contributed by atoms with Crippen molar-refractivity contribution >= 4 is 31.9 Å². The second-order valence-corrected chi connectivity index (χ2v) is 6.68. The van der Waals surface area contributed by atoms with Gasteiger partial charge in [0.2, 0.25) is 10.0 Å². The van der Waals surface area contributed by atoms with Gasteiger partial charge in [-0.2, -0.15) is 0 Å². The molecule has 0 fully saturated rings. The van der Waals surface area contributed by atoms with Crippen molar-refractivity contribution in [3.63, 3.8) is 0 Å². The van der Waals surface area contributed by atoms with Gasteiger partial charge in [-0.1, -0.05) is 13.8 Å². The van der Waals surface area contributed by atoms with Gasteiger partial charge in [0.05, 0.1) is 10.5 Å². The van der Waals surface area contributed by atoms with Gasteiger partial charge >= 0.3 is 0 Å². The molecule has 1 amide bonds. The molecule has 20 heavy (non-hydrogen) atoms. The van der Waals surface area contributed by atoms with Crippen LogP contribution in [0.1, 0.15) is 37.0 Å². The van der Waals surface area contributed by atoms with Crippen LogP contribution in [0.2, 0.25) is 0 Å². The Bertz CT molecular complexity index is 615. The van der Waals surface area contributed by atoms with Crippen molar-refractivity contribution in [2.24, 2.45) is 5.14 Å². The van der Waals surface area contributed by atoms with Crippen LogP contribution in [0.5, 0.6) is 0 Å². The molecule has 0 bridgehead atoms. The van der Waals surface area contributed by atoms with Crippen LogP contribution < -0.4 is 10.5 Å². The number of halogens is 2. The third-order valence-corrected chi connectivity index (χ3v) is 4.76. The van der Waals surface area contributed by atoms with Gasteiger partial charge in [-0.05, 0) is 40.9 Å². The summed E-state index contributed by atoms with van der Waals surface area (Å²) < 4.78 is 36.5. The van der Waals surface area contributed by atoms with Gasteiger partial charge in [0, 0.05) is 10.5 Å². The summed E-state index contributed by atoms with van der Waals surface area (Å²) in [6.45, 7) is 3.78. The average molecular weight is 367 g/mol. The lowest BCUT2D eigenvalue weighted by Gasteiger charge is -2.15. The molecule has 0 spiro atoms. The summed E-state index contributed by atoms with van der Waals surface area (Å²) in [7, 11) is -4.04. The first kappa shape index (κ1) is 17.1. The molecule has 1 aromatic carbocycles. The van der Waals surface area contributed by atoms with E-state index in [0.29, 0.717) is 12.8 Å². The molecule has 5 nitrogen and oxygen atoms in total. The summed E-state index contributed by atoms with van der Waals surface area (Å²) in [4.78, 5) is 11.7.